The molecule has 2 N–H and O–H groups in total. The number of aromatic nitrogens is 3. The fourth-order valence-electron chi connectivity index (χ4n) is 6.74. The highest BCUT2D eigenvalue weighted by Gasteiger charge is 2.59. The molecule has 5 unspecified atom stereocenters. The highest BCUT2D eigenvalue weighted by molar-refractivity contribution is 5.63. The topological polar surface area (TPSA) is 69.2 Å². The minimum Gasteiger partial charge on any atom is -0.383 e. The first-order valence-corrected chi connectivity index (χ1v) is 12.5. The van der Waals surface area contributed by atoms with Crippen molar-refractivity contribution in [1.82, 2.24) is 19.7 Å². The third-order valence-electron chi connectivity index (χ3n) is 8.84. The van der Waals surface area contributed by atoms with Crippen molar-refractivity contribution in [2.45, 2.75) is 57.3 Å². The van der Waals surface area contributed by atoms with Gasteiger partial charge in [-0.1, -0.05) is 6.92 Å². The second kappa shape index (κ2) is 7.95. The molecule has 4 heterocycles. The van der Waals surface area contributed by atoms with E-state index in [-0.39, 0.29) is 6.04 Å². The maximum absolute atomic E-state index is 13.4. The van der Waals surface area contributed by atoms with Gasteiger partial charge >= 0.3 is 6.18 Å². The second-order valence-electron chi connectivity index (χ2n) is 10.8. The average Bonchev–Trinajstić information content (AvgIpc) is 3.35. The molecule has 0 bridgehead atoms. The van der Waals surface area contributed by atoms with Gasteiger partial charge in [0.25, 0.3) is 0 Å². The van der Waals surface area contributed by atoms with Crippen LogP contribution in [0.1, 0.15) is 56.3 Å². The Balaban J connectivity index is 1.23. The Kier molecular flexibility index (Phi) is 5.22. The van der Waals surface area contributed by atoms with Crippen LogP contribution >= 0.6 is 0 Å². The number of hydrogen-bond acceptors (Lipinski definition) is 5. The smallest absolute Gasteiger partial charge is 0.383 e. The first-order chi connectivity index (χ1) is 16.2. The first-order valence-electron chi connectivity index (χ1n) is 12.5. The van der Waals surface area contributed by atoms with E-state index in [9.17, 15) is 13.2 Å². The number of alkyl halides is 3. The molecule has 6 nitrogen and oxygen atoms in total. The molecule has 2 saturated heterocycles. The monoisotopic (exact) mass is 475 g/mol. The predicted octanol–water partition coefficient (Wildman–Crippen LogP) is 4.59. The lowest BCUT2D eigenvalue weighted by molar-refractivity contribution is -0.137. The van der Waals surface area contributed by atoms with Crippen LogP contribution in [0, 0.1) is 23.7 Å². The van der Waals surface area contributed by atoms with E-state index in [4.69, 9.17) is 15.6 Å². The van der Waals surface area contributed by atoms with Crippen LogP contribution in [0.5, 0.6) is 0 Å². The molecule has 5 atom stereocenters. The number of nitrogen functional groups attached to an aromatic ring is 1. The van der Waals surface area contributed by atoms with Crippen LogP contribution in [0.3, 0.4) is 0 Å². The number of nitrogens with two attached hydrogens (primary N) is 1. The van der Waals surface area contributed by atoms with Gasteiger partial charge in [-0.3, -0.25) is 9.58 Å². The van der Waals surface area contributed by atoms with Crippen LogP contribution in [0.2, 0.25) is 0 Å². The van der Waals surface area contributed by atoms with Crippen molar-refractivity contribution >= 4 is 5.82 Å². The van der Waals surface area contributed by atoms with Gasteiger partial charge in [0.05, 0.1) is 24.5 Å². The van der Waals surface area contributed by atoms with Gasteiger partial charge in [-0.15, -0.1) is 0 Å². The number of anilines is 1. The molecular formula is C25H32F3N5O. The molecule has 9 heteroatoms. The van der Waals surface area contributed by atoms with Gasteiger partial charge in [0.15, 0.2) is 0 Å². The molecule has 2 aromatic rings. The molecule has 34 heavy (non-hydrogen) atoms. The van der Waals surface area contributed by atoms with Crippen molar-refractivity contribution < 1.29 is 17.9 Å². The largest absolute Gasteiger partial charge is 0.419 e. The van der Waals surface area contributed by atoms with Gasteiger partial charge in [-0.05, 0) is 50.2 Å². The molecule has 6 rings (SSSR count). The number of hydrogen-bond donors (Lipinski definition) is 1. The summed E-state index contributed by atoms with van der Waals surface area (Å²) in [6, 6.07) is 3.91. The van der Waals surface area contributed by atoms with Gasteiger partial charge in [-0.2, -0.15) is 18.3 Å². The van der Waals surface area contributed by atoms with Crippen molar-refractivity contribution in [1.29, 1.82) is 0 Å². The van der Waals surface area contributed by atoms with Crippen LogP contribution in [-0.4, -0.2) is 52.0 Å². The van der Waals surface area contributed by atoms with E-state index in [0.29, 0.717) is 46.9 Å². The average molecular weight is 476 g/mol. The number of halogens is 3. The molecule has 2 aliphatic heterocycles. The molecule has 0 spiro atoms. The quantitative estimate of drug-likeness (QED) is 0.685. The molecule has 4 fully saturated rings. The molecular weight excluding hydrogens is 443 g/mol. The Hall–Kier alpha value is -2.13. The molecule has 2 aliphatic carbocycles. The van der Waals surface area contributed by atoms with Crippen molar-refractivity contribution in [2.75, 3.05) is 32.0 Å². The predicted molar refractivity (Wildman–Crippen MR) is 122 cm³/mol. The van der Waals surface area contributed by atoms with Crippen LogP contribution in [0.4, 0.5) is 19.0 Å². The van der Waals surface area contributed by atoms with Crippen molar-refractivity contribution in [3.8, 4) is 11.3 Å². The van der Waals surface area contributed by atoms with E-state index in [2.05, 4.69) is 28.4 Å². The maximum Gasteiger partial charge on any atom is 0.419 e. The lowest BCUT2D eigenvalue weighted by Gasteiger charge is -2.27. The van der Waals surface area contributed by atoms with Crippen LogP contribution in [-0.2, 0) is 10.9 Å². The fraction of sp³-hybridized carbons (Fsp3) is 0.680. The third kappa shape index (κ3) is 3.63. The zero-order chi connectivity index (χ0) is 23.8. The summed E-state index contributed by atoms with van der Waals surface area (Å²) >= 11 is 0. The zero-order valence-corrected chi connectivity index (χ0v) is 19.6. The van der Waals surface area contributed by atoms with Gasteiger partial charge in [-0.25, -0.2) is 4.98 Å². The molecule has 0 amide bonds. The lowest BCUT2D eigenvalue weighted by Crippen LogP contribution is -2.34. The van der Waals surface area contributed by atoms with Gasteiger partial charge < -0.3 is 10.5 Å². The summed E-state index contributed by atoms with van der Waals surface area (Å²) in [6.45, 7) is 8.39. The Morgan fingerprint density at radius 1 is 1.15 bits per heavy atom. The fourth-order valence-corrected chi connectivity index (χ4v) is 6.74. The Morgan fingerprint density at radius 3 is 2.44 bits per heavy atom. The van der Waals surface area contributed by atoms with Crippen LogP contribution in [0.15, 0.2) is 18.3 Å². The van der Waals surface area contributed by atoms with E-state index in [1.807, 2.05) is 6.07 Å². The molecule has 0 aromatic carbocycles. The summed E-state index contributed by atoms with van der Waals surface area (Å²) in [6.07, 6.45) is 0.176. The number of likely N-dealkylation sites (tertiary alicyclic amines) is 1. The van der Waals surface area contributed by atoms with Gasteiger partial charge in [0.1, 0.15) is 5.82 Å². The second-order valence-corrected chi connectivity index (χ2v) is 10.8. The Bertz CT molecular complexity index is 1060. The number of ether oxygens (including phenoxy) is 1. The molecule has 2 saturated carbocycles. The highest BCUT2D eigenvalue weighted by atomic mass is 19.4. The van der Waals surface area contributed by atoms with E-state index in [0.717, 1.165) is 31.4 Å². The first kappa shape index (κ1) is 22.3. The molecule has 4 aliphatic rings. The van der Waals surface area contributed by atoms with E-state index >= 15 is 0 Å². The summed E-state index contributed by atoms with van der Waals surface area (Å²) in [4.78, 5) is 6.51. The minimum absolute atomic E-state index is 0.183. The Morgan fingerprint density at radius 2 is 1.82 bits per heavy atom. The van der Waals surface area contributed by atoms with E-state index in [1.165, 1.54) is 32.1 Å². The lowest BCUT2D eigenvalue weighted by atomic mass is 10.0. The highest BCUT2D eigenvalue weighted by Crippen LogP contribution is 2.64. The zero-order valence-electron chi connectivity index (χ0n) is 19.6. The normalized spacial score (nSPS) is 33.8. The summed E-state index contributed by atoms with van der Waals surface area (Å²) in [5.41, 5.74) is 6.67. The minimum atomic E-state index is -4.54. The van der Waals surface area contributed by atoms with Crippen molar-refractivity contribution in [3.63, 3.8) is 0 Å². The molecule has 0 radical (unpaired) electrons. The van der Waals surface area contributed by atoms with Crippen molar-refractivity contribution in [3.05, 3.63) is 29.6 Å². The maximum atomic E-state index is 13.4. The van der Waals surface area contributed by atoms with Crippen LogP contribution in [0.25, 0.3) is 11.3 Å². The summed E-state index contributed by atoms with van der Waals surface area (Å²) in [5, 5.41) is 4.77. The van der Waals surface area contributed by atoms with E-state index < -0.39 is 17.6 Å². The number of nitrogens with zero attached hydrogens (tertiary/aromatic N) is 4. The number of pyridine rings is 1. The SMILES string of the molecule is CCC(C)n1nc(-c2cnc(N)c(C(F)(F)F)c2)cc1C1C2CC(N3CC4COCC4C3)CC21. The summed E-state index contributed by atoms with van der Waals surface area (Å²) < 4.78 is 47.9. The van der Waals surface area contributed by atoms with Gasteiger partial charge in [0, 0.05) is 60.4 Å². The molecule has 2 aromatic heterocycles. The third-order valence-corrected chi connectivity index (χ3v) is 8.84. The van der Waals surface area contributed by atoms with Gasteiger partial charge in [0.2, 0.25) is 0 Å². The number of fused-ring (bicyclic) bond motifs is 2. The van der Waals surface area contributed by atoms with E-state index in [1.54, 1.807) is 0 Å². The molecule has 184 valence electrons. The number of rotatable bonds is 5. The standard InChI is InChI=1S/C25H32F3N5O/c1-3-13(2)33-22(7-21(31-33)14-4-20(25(26,27)28)24(29)30-8-14)23-18-5-17(6-19(18)23)32-9-15-11-34-12-16(15)10-32/h4,7-8,13,15-19,23H,3,5-6,9-12H2,1-2H3,(H2,29,30). The summed E-state index contributed by atoms with van der Waals surface area (Å²) in [7, 11) is 0. The van der Waals surface area contributed by atoms with Crippen molar-refractivity contribution in [2.24, 2.45) is 23.7 Å². The van der Waals surface area contributed by atoms with Crippen LogP contribution < -0.4 is 5.73 Å². The Labute approximate surface area is 197 Å². The summed E-state index contributed by atoms with van der Waals surface area (Å²) in [5.74, 6) is 2.64.